The van der Waals surface area contributed by atoms with Gasteiger partial charge in [0.25, 0.3) is 0 Å². The van der Waals surface area contributed by atoms with Crippen molar-refractivity contribution >= 4 is 0 Å². The third-order valence-electron chi connectivity index (χ3n) is 4.61. The van der Waals surface area contributed by atoms with E-state index < -0.39 is 0 Å². The maximum Gasteiger partial charge on any atom is 0.0385 e. The number of nitrogens with zero attached hydrogens (tertiary/aromatic N) is 1. The zero-order chi connectivity index (χ0) is 12.5. The molecule has 0 radical (unpaired) electrons. The summed E-state index contributed by atoms with van der Waals surface area (Å²) in [6.07, 6.45) is 5.32. The standard InChI is InChI=1S/C16H24N2/c1-18-9-3-6-15(11-17)16(18)14-5-2-4-13(10-14)12-7-8-12/h2,4-5,10,12,15-16H,3,6-9,11,17H2,1H3. The Kier molecular flexibility index (Phi) is 3.40. The number of likely N-dealkylation sites (tertiary alicyclic amines) is 1. The van der Waals surface area contributed by atoms with Gasteiger partial charge in [0.05, 0.1) is 0 Å². The maximum atomic E-state index is 5.98. The van der Waals surface area contributed by atoms with Crippen LogP contribution in [0.1, 0.15) is 48.8 Å². The van der Waals surface area contributed by atoms with Gasteiger partial charge in [-0.1, -0.05) is 24.3 Å². The number of hydrogen-bond acceptors (Lipinski definition) is 2. The van der Waals surface area contributed by atoms with Gasteiger partial charge in [-0.05, 0) is 68.8 Å². The molecule has 0 aromatic heterocycles. The Hall–Kier alpha value is -0.860. The molecule has 1 saturated heterocycles. The molecule has 2 nitrogen and oxygen atoms in total. The molecule has 98 valence electrons. The second kappa shape index (κ2) is 5.02. The molecular formula is C16H24N2. The van der Waals surface area contributed by atoms with Crippen molar-refractivity contribution in [3.8, 4) is 0 Å². The highest BCUT2D eigenvalue weighted by Crippen LogP contribution is 2.42. The molecule has 1 saturated carbocycles. The summed E-state index contributed by atoms with van der Waals surface area (Å²) in [6, 6.07) is 9.79. The highest BCUT2D eigenvalue weighted by atomic mass is 15.1. The Labute approximate surface area is 110 Å². The molecule has 2 fully saturated rings. The summed E-state index contributed by atoms with van der Waals surface area (Å²) in [7, 11) is 2.25. The van der Waals surface area contributed by atoms with E-state index in [-0.39, 0.29) is 0 Å². The van der Waals surface area contributed by atoms with Gasteiger partial charge in [0.15, 0.2) is 0 Å². The monoisotopic (exact) mass is 244 g/mol. The first kappa shape index (κ1) is 12.2. The highest BCUT2D eigenvalue weighted by Gasteiger charge is 2.30. The molecule has 2 atom stereocenters. The quantitative estimate of drug-likeness (QED) is 0.886. The zero-order valence-corrected chi connectivity index (χ0v) is 11.3. The van der Waals surface area contributed by atoms with Crippen LogP contribution < -0.4 is 5.73 Å². The Morgan fingerprint density at radius 1 is 1.22 bits per heavy atom. The van der Waals surface area contributed by atoms with Crippen LogP contribution in [0.5, 0.6) is 0 Å². The lowest BCUT2D eigenvalue weighted by molar-refractivity contribution is 0.125. The normalized spacial score (nSPS) is 29.4. The zero-order valence-electron chi connectivity index (χ0n) is 11.3. The second-order valence-corrected chi connectivity index (χ2v) is 6.01. The third kappa shape index (κ3) is 2.32. The first-order valence-electron chi connectivity index (χ1n) is 7.29. The number of hydrogen-bond donors (Lipinski definition) is 1. The molecule has 2 heteroatoms. The van der Waals surface area contributed by atoms with Gasteiger partial charge in [0.2, 0.25) is 0 Å². The van der Waals surface area contributed by atoms with E-state index in [1.54, 1.807) is 5.56 Å². The predicted molar refractivity (Wildman–Crippen MR) is 75.6 cm³/mol. The third-order valence-corrected chi connectivity index (χ3v) is 4.61. The van der Waals surface area contributed by atoms with Gasteiger partial charge in [-0.15, -0.1) is 0 Å². The molecule has 3 rings (SSSR count). The summed E-state index contributed by atoms with van der Waals surface area (Å²) < 4.78 is 0. The van der Waals surface area contributed by atoms with Crippen molar-refractivity contribution in [2.24, 2.45) is 11.7 Å². The van der Waals surface area contributed by atoms with Crippen LogP contribution in [0.3, 0.4) is 0 Å². The maximum absolute atomic E-state index is 5.98. The molecule has 1 aliphatic carbocycles. The van der Waals surface area contributed by atoms with E-state index >= 15 is 0 Å². The van der Waals surface area contributed by atoms with Gasteiger partial charge in [0, 0.05) is 6.04 Å². The van der Waals surface area contributed by atoms with E-state index in [2.05, 4.69) is 36.2 Å². The molecule has 0 bridgehead atoms. The molecule has 1 aromatic carbocycles. The molecule has 1 aromatic rings. The Morgan fingerprint density at radius 3 is 2.72 bits per heavy atom. The fourth-order valence-corrected chi connectivity index (χ4v) is 3.45. The molecule has 1 heterocycles. The first-order valence-corrected chi connectivity index (χ1v) is 7.29. The highest BCUT2D eigenvalue weighted by molar-refractivity contribution is 5.31. The molecule has 0 amide bonds. The number of nitrogens with two attached hydrogens (primary N) is 1. The van der Waals surface area contributed by atoms with Gasteiger partial charge in [-0.2, -0.15) is 0 Å². The minimum absolute atomic E-state index is 0.530. The van der Waals surface area contributed by atoms with Crippen LogP contribution >= 0.6 is 0 Å². The van der Waals surface area contributed by atoms with Crippen LogP contribution in [-0.4, -0.2) is 25.0 Å². The fourth-order valence-electron chi connectivity index (χ4n) is 3.45. The molecule has 0 spiro atoms. The van der Waals surface area contributed by atoms with Crippen LogP contribution in [0.25, 0.3) is 0 Å². The van der Waals surface area contributed by atoms with Crippen molar-refractivity contribution in [3.63, 3.8) is 0 Å². The summed E-state index contributed by atoms with van der Waals surface area (Å²) in [5.41, 5.74) is 9.00. The summed E-state index contributed by atoms with van der Waals surface area (Å²) in [4.78, 5) is 2.49. The smallest absolute Gasteiger partial charge is 0.0385 e. The van der Waals surface area contributed by atoms with Gasteiger partial charge in [0.1, 0.15) is 0 Å². The molecule has 2 unspecified atom stereocenters. The van der Waals surface area contributed by atoms with Gasteiger partial charge in [-0.3, -0.25) is 4.90 Å². The van der Waals surface area contributed by atoms with Crippen LogP contribution in [0.4, 0.5) is 0 Å². The van der Waals surface area contributed by atoms with Gasteiger partial charge in [-0.25, -0.2) is 0 Å². The van der Waals surface area contributed by atoms with Crippen molar-refractivity contribution in [2.75, 3.05) is 20.1 Å². The lowest BCUT2D eigenvalue weighted by Crippen LogP contribution is -2.39. The Balaban J connectivity index is 1.88. The predicted octanol–water partition coefficient (Wildman–Crippen LogP) is 2.91. The first-order chi connectivity index (χ1) is 8.79. The van der Waals surface area contributed by atoms with Gasteiger partial charge < -0.3 is 5.73 Å². The van der Waals surface area contributed by atoms with Crippen molar-refractivity contribution < 1.29 is 0 Å². The fraction of sp³-hybridized carbons (Fsp3) is 0.625. The summed E-state index contributed by atoms with van der Waals surface area (Å²) in [5, 5.41) is 0. The van der Waals surface area contributed by atoms with E-state index in [1.807, 2.05) is 0 Å². The Bertz CT molecular complexity index is 411. The molecular weight excluding hydrogens is 220 g/mol. The van der Waals surface area contributed by atoms with Crippen molar-refractivity contribution in [2.45, 2.75) is 37.6 Å². The second-order valence-electron chi connectivity index (χ2n) is 6.01. The van der Waals surface area contributed by atoms with E-state index in [0.717, 1.165) is 12.5 Å². The van der Waals surface area contributed by atoms with E-state index in [9.17, 15) is 0 Å². The SMILES string of the molecule is CN1CCCC(CN)C1c1cccc(C2CC2)c1. The van der Waals surface area contributed by atoms with Crippen LogP contribution in [0.2, 0.25) is 0 Å². The van der Waals surface area contributed by atoms with Crippen LogP contribution in [0.15, 0.2) is 24.3 Å². The van der Waals surface area contributed by atoms with E-state index in [4.69, 9.17) is 5.73 Å². The van der Waals surface area contributed by atoms with Gasteiger partial charge >= 0.3 is 0 Å². The summed E-state index contributed by atoms with van der Waals surface area (Å²) in [6.45, 7) is 2.01. The number of benzene rings is 1. The molecule has 2 N–H and O–H groups in total. The van der Waals surface area contributed by atoms with Crippen molar-refractivity contribution in [3.05, 3.63) is 35.4 Å². The molecule has 1 aliphatic heterocycles. The largest absolute Gasteiger partial charge is 0.330 e. The topological polar surface area (TPSA) is 29.3 Å². The number of piperidine rings is 1. The molecule has 18 heavy (non-hydrogen) atoms. The Morgan fingerprint density at radius 2 is 2.00 bits per heavy atom. The lowest BCUT2D eigenvalue weighted by Gasteiger charge is -2.39. The average molecular weight is 244 g/mol. The van der Waals surface area contributed by atoms with Crippen LogP contribution in [0, 0.1) is 5.92 Å². The summed E-state index contributed by atoms with van der Waals surface area (Å²) >= 11 is 0. The summed E-state index contributed by atoms with van der Waals surface area (Å²) in [5.74, 6) is 1.47. The molecule has 2 aliphatic rings. The lowest BCUT2D eigenvalue weighted by atomic mass is 9.84. The average Bonchev–Trinajstić information content (AvgIpc) is 3.23. The van der Waals surface area contributed by atoms with Crippen molar-refractivity contribution in [1.82, 2.24) is 4.90 Å². The minimum Gasteiger partial charge on any atom is -0.330 e. The van der Waals surface area contributed by atoms with E-state index in [1.165, 1.54) is 37.8 Å². The minimum atomic E-state index is 0.530. The number of rotatable bonds is 3. The van der Waals surface area contributed by atoms with Crippen LogP contribution in [-0.2, 0) is 0 Å². The van der Waals surface area contributed by atoms with E-state index in [0.29, 0.717) is 12.0 Å². The van der Waals surface area contributed by atoms with Crippen molar-refractivity contribution in [1.29, 1.82) is 0 Å².